The van der Waals surface area contributed by atoms with Gasteiger partial charge in [0.15, 0.2) is 0 Å². The van der Waals surface area contributed by atoms with Gasteiger partial charge in [0.2, 0.25) is 10.0 Å². The highest BCUT2D eigenvalue weighted by Crippen LogP contribution is 2.41. The number of anilines is 1. The standard InChI is InChI=1S/C30H37ClN2O5S/c1-20-5-4-14-39(36,37)32-30(35)22-9-12-29-27(17-22)33(18-23-8-11-26(23)28(34)15-20)13-3-2-6-21-16-25(31)10-7-24(21)19-38-29/h7,9-10,12,15-17,23,26,28,34H,2-6,8,11,13-14,18-19H2,1H3,(H,32,35)/b20-15+/t23-,26+,28+/m0/s1. The number of allylic oxidation sites excluding steroid dienone is 1. The van der Waals surface area contributed by atoms with Gasteiger partial charge in [-0.1, -0.05) is 29.3 Å². The minimum atomic E-state index is -3.80. The molecule has 39 heavy (non-hydrogen) atoms. The summed E-state index contributed by atoms with van der Waals surface area (Å²) in [5, 5.41) is 11.7. The van der Waals surface area contributed by atoms with Crippen LogP contribution in [-0.2, 0) is 23.1 Å². The Labute approximate surface area is 236 Å². The van der Waals surface area contributed by atoms with Gasteiger partial charge in [-0.15, -0.1) is 0 Å². The van der Waals surface area contributed by atoms with Gasteiger partial charge in [-0.3, -0.25) is 4.79 Å². The lowest BCUT2D eigenvalue weighted by Crippen LogP contribution is -2.43. The van der Waals surface area contributed by atoms with Crippen molar-refractivity contribution < 1.29 is 23.1 Å². The largest absolute Gasteiger partial charge is 0.487 e. The Morgan fingerprint density at radius 3 is 2.69 bits per heavy atom. The summed E-state index contributed by atoms with van der Waals surface area (Å²) in [5.74, 6) is 0.310. The molecule has 3 aliphatic rings. The lowest BCUT2D eigenvalue weighted by atomic mass is 9.70. The molecule has 1 saturated carbocycles. The molecule has 1 aliphatic carbocycles. The van der Waals surface area contributed by atoms with Crippen LogP contribution < -0.4 is 14.4 Å². The Bertz CT molecular complexity index is 1360. The maximum atomic E-state index is 13.1. The van der Waals surface area contributed by atoms with Gasteiger partial charge < -0.3 is 14.7 Å². The number of aliphatic hydroxyl groups excluding tert-OH is 1. The molecule has 2 N–H and O–H groups in total. The van der Waals surface area contributed by atoms with Crippen molar-refractivity contribution in [3.05, 3.63) is 69.8 Å². The Hall–Kier alpha value is -2.55. The van der Waals surface area contributed by atoms with Crippen LogP contribution in [0, 0.1) is 11.8 Å². The first-order valence-corrected chi connectivity index (χ1v) is 15.9. The molecule has 0 unspecified atom stereocenters. The number of amides is 1. The summed E-state index contributed by atoms with van der Waals surface area (Å²) >= 11 is 6.28. The molecule has 0 spiro atoms. The van der Waals surface area contributed by atoms with Crippen LogP contribution in [0.1, 0.15) is 66.9 Å². The van der Waals surface area contributed by atoms with E-state index < -0.39 is 22.0 Å². The maximum absolute atomic E-state index is 13.1. The number of carbonyl (C=O) groups is 1. The van der Waals surface area contributed by atoms with Gasteiger partial charge in [0.05, 0.1) is 17.5 Å². The van der Waals surface area contributed by atoms with Crippen LogP contribution in [0.4, 0.5) is 5.69 Å². The number of hydrogen-bond acceptors (Lipinski definition) is 6. The summed E-state index contributed by atoms with van der Waals surface area (Å²) in [7, 11) is -3.80. The van der Waals surface area contributed by atoms with Gasteiger partial charge in [0.25, 0.3) is 5.91 Å². The van der Waals surface area contributed by atoms with E-state index in [0.29, 0.717) is 36.1 Å². The summed E-state index contributed by atoms with van der Waals surface area (Å²) in [6, 6.07) is 11.0. The molecule has 2 bridgehead atoms. The fourth-order valence-electron chi connectivity index (χ4n) is 5.92. The third kappa shape index (κ3) is 6.79. The highest BCUT2D eigenvalue weighted by molar-refractivity contribution is 7.90. The third-order valence-corrected chi connectivity index (χ3v) is 9.85. The molecule has 2 heterocycles. The molecule has 9 heteroatoms. The van der Waals surface area contributed by atoms with Gasteiger partial charge in [-0.25, -0.2) is 13.1 Å². The molecule has 0 saturated heterocycles. The Morgan fingerprint density at radius 1 is 1.05 bits per heavy atom. The van der Waals surface area contributed by atoms with Gasteiger partial charge in [-0.05, 0) is 105 Å². The number of ether oxygens (including phenoxy) is 1. The fourth-order valence-corrected chi connectivity index (χ4v) is 7.15. The summed E-state index contributed by atoms with van der Waals surface area (Å²) in [6.45, 7) is 3.78. The van der Waals surface area contributed by atoms with E-state index in [0.717, 1.165) is 62.0 Å². The quantitative estimate of drug-likeness (QED) is 0.419. The fraction of sp³-hybridized carbons (Fsp3) is 0.500. The van der Waals surface area contributed by atoms with Crippen LogP contribution >= 0.6 is 11.6 Å². The van der Waals surface area contributed by atoms with Gasteiger partial charge in [-0.2, -0.15) is 0 Å². The van der Waals surface area contributed by atoms with Crippen LogP contribution in [0.3, 0.4) is 0 Å². The van der Waals surface area contributed by atoms with Gasteiger partial charge in [0, 0.05) is 23.7 Å². The monoisotopic (exact) mass is 572 g/mol. The number of benzene rings is 2. The summed E-state index contributed by atoms with van der Waals surface area (Å²) < 4.78 is 33.9. The van der Waals surface area contributed by atoms with Crippen molar-refractivity contribution in [2.45, 2.75) is 64.6 Å². The van der Waals surface area contributed by atoms with Crippen molar-refractivity contribution in [2.24, 2.45) is 11.8 Å². The van der Waals surface area contributed by atoms with Crippen molar-refractivity contribution >= 4 is 33.2 Å². The van der Waals surface area contributed by atoms with E-state index >= 15 is 0 Å². The lowest BCUT2D eigenvalue weighted by Gasteiger charge is -2.42. The van der Waals surface area contributed by atoms with Crippen LogP contribution in [0.2, 0.25) is 5.02 Å². The number of sulfonamides is 1. The van der Waals surface area contributed by atoms with E-state index in [1.165, 1.54) is 5.56 Å². The zero-order valence-electron chi connectivity index (χ0n) is 22.4. The van der Waals surface area contributed by atoms with Gasteiger partial charge in [0.1, 0.15) is 12.4 Å². The van der Waals surface area contributed by atoms with Crippen molar-refractivity contribution in [1.29, 1.82) is 0 Å². The second-order valence-electron chi connectivity index (χ2n) is 11.1. The molecule has 3 atom stereocenters. The number of halogens is 1. The number of nitrogens with one attached hydrogen (secondary N) is 1. The van der Waals surface area contributed by atoms with Crippen molar-refractivity contribution in [2.75, 3.05) is 23.7 Å². The first-order chi connectivity index (χ1) is 18.7. The highest BCUT2D eigenvalue weighted by Gasteiger charge is 2.37. The summed E-state index contributed by atoms with van der Waals surface area (Å²) in [6.07, 6.45) is 7.04. The number of nitrogens with zero attached hydrogens (tertiary/aromatic N) is 1. The number of hydrogen-bond donors (Lipinski definition) is 2. The van der Waals surface area contributed by atoms with E-state index in [1.54, 1.807) is 18.2 Å². The van der Waals surface area contributed by atoms with Crippen LogP contribution in [-0.4, -0.2) is 44.4 Å². The average Bonchev–Trinajstić information content (AvgIpc) is 2.88. The minimum Gasteiger partial charge on any atom is -0.487 e. The zero-order chi connectivity index (χ0) is 27.6. The molecule has 7 nitrogen and oxygen atoms in total. The normalized spacial score (nSPS) is 27.3. The van der Waals surface area contributed by atoms with Crippen LogP contribution in [0.15, 0.2) is 48.0 Å². The smallest absolute Gasteiger partial charge is 0.264 e. The van der Waals surface area contributed by atoms with E-state index in [2.05, 4.69) is 9.62 Å². The molecule has 2 aromatic rings. The SMILES string of the molecule is C/C1=C\[C@@H](O)[C@@H]2CC[C@H]2CN2CCCCc3cc(Cl)ccc3COc3ccc(cc32)C(=O)NS(=O)(=O)CCC1. The molecule has 2 aliphatic heterocycles. The molecule has 1 fully saturated rings. The molecule has 210 valence electrons. The molecule has 1 amide bonds. The Kier molecular flexibility index (Phi) is 8.55. The van der Waals surface area contributed by atoms with Crippen molar-refractivity contribution in [3.63, 3.8) is 0 Å². The Balaban J connectivity index is 1.52. The highest BCUT2D eigenvalue weighted by atomic mass is 35.5. The molecule has 5 rings (SSSR count). The molecular formula is C30H37ClN2O5S. The second kappa shape index (κ2) is 11.9. The first kappa shape index (κ1) is 28.0. The van der Waals surface area contributed by atoms with E-state index in [9.17, 15) is 18.3 Å². The number of carbonyl (C=O) groups excluding carboxylic acids is 1. The van der Waals surface area contributed by atoms with Crippen molar-refractivity contribution in [1.82, 2.24) is 4.72 Å². The maximum Gasteiger partial charge on any atom is 0.264 e. The molecule has 0 radical (unpaired) electrons. The molecule has 2 aromatic carbocycles. The zero-order valence-corrected chi connectivity index (χ0v) is 23.9. The number of fused-ring (bicyclic) bond motifs is 3. The Morgan fingerprint density at radius 2 is 1.90 bits per heavy atom. The molecule has 0 aromatic heterocycles. The van der Waals surface area contributed by atoms with Crippen LogP contribution in [0.5, 0.6) is 5.75 Å². The number of rotatable bonds is 0. The summed E-state index contributed by atoms with van der Waals surface area (Å²) in [5.41, 5.74) is 4.27. The second-order valence-corrected chi connectivity index (χ2v) is 13.4. The average molecular weight is 573 g/mol. The van der Waals surface area contributed by atoms with E-state index in [-0.39, 0.29) is 17.2 Å². The minimum absolute atomic E-state index is 0.150. The van der Waals surface area contributed by atoms with Crippen LogP contribution in [0.25, 0.3) is 0 Å². The third-order valence-electron chi connectivity index (χ3n) is 8.29. The van der Waals surface area contributed by atoms with E-state index in [4.69, 9.17) is 16.3 Å². The topological polar surface area (TPSA) is 95.9 Å². The predicted molar refractivity (Wildman–Crippen MR) is 154 cm³/mol. The summed E-state index contributed by atoms with van der Waals surface area (Å²) in [4.78, 5) is 15.3. The molecular weight excluding hydrogens is 536 g/mol. The number of aliphatic hydroxyl groups is 1. The predicted octanol–water partition coefficient (Wildman–Crippen LogP) is 5.25. The van der Waals surface area contributed by atoms with E-state index in [1.807, 2.05) is 31.2 Å². The van der Waals surface area contributed by atoms with Crippen molar-refractivity contribution in [3.8, 4) is 5.75 Å². The van der Waals surface area contributed by atoms with Gasteiger partial charge >= 0.3 is 0 Å². The first-order valence-electron chi connectivity index (χ1n) is 13.9. The number of aryl methyl sites for hydroxylation is 1. The lowest BCUT2D eigenvalue weighted by molar-refractivity contribution is 0.0457.